The van der Waals surface area contributed by atoms with Gasteiger partial charge in [0.15, 0.2) is 0 Å². The predicted octanol–water partition coefficient (Wildman–Crippen LogP) is 1.69. The number of rotatable bonds is 8. The van der Waals surface area contributed by atoms with Gasteiger partial charge in [-0.15, -0.1) is 0 Å². The van der Waals surface area contributed by atoms with Gasteiger partial charge >= 0.3 is 0 Å². The van der Waals surface area contributed by atoms with Crippen LogP contribution in [0, 0.1) is 0 Å². The Morgan fingerprint density at radius 3 is 2.62 bits per heavy atom. The number of nitrogens with zero attached hydrogens (tertiary/aromatic N) is 1. The molecule has 2 N–H and O–H groups in total. The second kappa shape index (κ2) is 9.37. The number of halogens is 1. The lowest BCUT2D eigenvalue weighted by molar-refractivity contribution is -0.128. The van der Waals surface area contributed by atoms with Crippen molar-refractivity contribution in [1.82, 2.24) is 10.2 Å². The zero-order valence-electron chi connectivity index (χ0n) is 12.1. The molecule has 1 aromatic carbocycles. The summed E-state index contributed by atoms with van der Waals surface area (Å²) in [7, 11) is 1.70. The van der Waals surface area contributed by atoms with Gasteiger partial charge in [0.1, 0.15) is 0 Å². The van der Waals surface area contributed by atoms with Gasteiger partial charge in [-0.25, -0.2) is 0 Å². The highest BCUT2D eigenvalue weighted by atomic mass is 35.5. The summed E-state index contributed by atoms with van der Waals surface area (Å²) in [5.74, 6) is -0.512. The first-order chi connectivity index (χ1) is 10.1. The van der Waals surface area contributed by atoms with Crippen molar-refractivity contribution in [3.05, 3.63) is 34.9 Å². The summed E-state index contributed by atoms with van der Waals surface area (Å²) in [5, 5.41) is 11.6. The van der Waals surface area contributed by atoms with Crippen LogP contribution in [0.2, 0.25) is 5.02 Å². The molecule has 0 aliphatic rings. The SMILES string of the molecule is CN(CCCCCO)C(=O)CNC(=O)c1ccccc1Cl. The average molecular weight is 313 g/mol. The van der Waals surface area contributed by atoms with E-state index in [-0.39, 0.29) is 25.0 Å². The molecule has 0 saturated heterocycles. The maximum Gasteiger partial charge on any atom is 0.253 e. The number of likely N-dealkylation sites (N-methyl/N-ethyl adjacent to an activating group) is 1. The van der Waals surface area contributed by atoms with Gasteiger partial charge in [0.05, 0.1) is 17.1 Å². The monoisotopic (exact) mass is 312 g/mol. The number of carbonyl (C=O) groups excluding carboxylic acids is 2. The van der Waals surface area contributed by atoms with Crippen LogP contribution in [-0.2, 0) is 4.79 Å². The highest BCUT2D eigenvalue weighted by molar-refractivity contribution is 6.33. The van der Waals surface area contributed by atoms with Gasteiger partial charge in [0, 0.05) is 20.2 Å². The van der Waals surface area contributed by atoms with E-state index in [2.05, 4.69) is 5.32 Å². The zero-order valence-corrected chi connectivity index (χ0v) is 12.9. The molecule has 21 heavy (non-hydrogen) atoms. The third kappa shape index (κ3) is 6.14. The van der Waals surface area contributed by atoms with E-state index in [0.717, 1.165) is 19.3 Å². The summed E-state index contributed by atoms with van der Waals surface area (Å²) in [5.41, 5.74) is 0.359. The van der Waals surface area contributed by atoms with Crippen molar-refractivity contribution in [3.63, 3.8) is 0 Å². The quantitative estimate of drug-likeness (QED) is 0.718. The Morgan fingerprint density at radius 1 is 1.24 bits per heavy atom. The number of amides is 2. The number of carbonyl (C=O) groups is 2. The third-order valence-electron chi connectivity index (χ3n) is 3.10. The maximum atomic E-state index is 11.9. The molecule has 0 bridgehead atoms. The number of nitrogens with one attached hydrogen (secondary N) is 1. The van der Waals surface area contributed by atoms with Crippen LogP contribution in [-0.4, -0.2) is 48.6 Å². The lowest BCUT2D eigenvalue weighted by atomic mass is 10.2. The fourth-order valence-electron chi connectivity index (χ4n) is 1.79. The van der Waals surface area contributed by atoms with Gasteiger partial charge < -0.3 is 15.3 Å². The highest BCUT2D eigenvalue weighted by Gasteiger charge is 2.13. The summed E-state index contributed by atoms with van der Waals surface area (Å²) in [6.07, 6.45) is 2.45. The minimum Gasteiger partial charge on any atom is -0.396 e. The van der Waals surface area contributed by atoms with E-state index in [1.807, 2.05) is 0 Å². The van der Waals surface area contributed by atoms with Crippen LogP contribution in [0.1, 0.15) is 29.6 Å². The van der Waals surface area contributed by atoms with Gasteiger partial charge in [-0.2, -0.15) is 0 Å². The molecule has 0 aliphatic heterocycles. The Balaban J connectivity index is 2.35. The molecule has 0 radical (unpaired) electrons. The van der Waals surface area contributed by atoms with Crippen LogP contribution in [0.4, 0.5) is 0 Å². The second-order valence-electron chi connectivity index (χ2n) is 4.76. The molecule has 0 aromatic heterocycles. The fourth-order valence-corrected chi connectivity index (χ4v) is 2.02. The molecule has 0 unspecified atom stereocenters. The largest absolute Gasteiger partial charge is 0.396 e. The molecule has 1 rings (SSSR count). The van der Waals surface area contributed by atoms with Crippen molar-refractivity contribution in [1.29, 1.82) is 0 Å². The first-order valence-electron chi connectivity index (χ1n) is 6.93. The Hall–Kier alpha value is -1.59. The Bertz CT molecular complexity index is 480. The van der Waals surface area contributed by atoms with E-state index in [9.17, 15) is 9.59 Å². The molecule has 116 valence electrons. The van der Waals surface area contributed by atoms with E-state index < -0.39 is 0 Å². The number of aliphatic hydroxyl groups excluding tert-OH is 1. The summed E-state index contributed by atoms with van der Waals surface area (Å²) in [4.78, 5) is 25.3. The van der Waals surface area contributed by atoms with Crippen LogP contribution in [0.15, 0.2) is 24.3 Å². The summed E-state index contributed by atoms with van der Waals surface area (Å²) in [6.45, 7) is 0.729. The fraction of sp³-hybridized carbons (Fsp3) is 0.467. The first kappa shape index (κ1) is 17.5. The standard InChI is InChI=1S/C15H21ClN2O3/c1-18(9-5-2-6-10-19)14(20)11-17-15(21)12-7-3-4-8-13(12)16/h3-4,7-8,19H,2,5-6,9-11H2,1H3,(H,17,21). The van der Waals surface area contributed by atoms with Crippen molar-refractivity contribution in [3.8, 4) is 0 Å². The Kier molecular flexibility index (Phi) is 7.79. The molecule has 0 heterocycles. The maximum absolute atomic E-state index is 11.9. The van der Waals surface area contributed by atoms with Crippen molar-refractivity contribution >= 4 is 23.4 Å². The van der Waals surface area contributed by atoms with Gasteiger partial charge in [-0.3, -0.25) is 9.59 Å². The number of unbranched alkanes of at least 4 members (excludes halogenated alkanes) is 2. The van der Waals surface area contributed by atoms with E-state index >= 15 is 0 Å². The van der Waals surface area contributed by atoms with Crippen molar-refractivity contribution in [2.24, 2.45) is 0 Å². The molecule has 0 atom stereocenters. The molecule has 2 amide bonds. The number of hydrogen-bond acceptors (Lipinski definition) is 3. The molecular weight excluding hydrogens is 292 g/mol. The smallest absolute Gasteiger partial charge is 0.253 e. The third-order valence-corrected chi connectivity index (χ3v) is 3.43. The van der Waals surface area contributed by atoms with Crippen LogP contribution in [0.5, 0.6) is 0 Å². The van der Waals surface area contributed by atoms with Crippen LogP contribution in [0.25, 0.3) is 0 Å². The lowest BCUT2D eigenvalue weighted by Crippen LogP contribution is -2.38. The van der Waals surface area contributed by atoms with Crippen molar-refractivity contribution in [2.45, 2.75) is 19.3 Å². The Labute approximate surface area is 129 Å². The molecule has 0 fully saturated rings. The predicted molar refractivity (Wildman–Crippen MR) is 82.4 cm³/mol. The topological polar surface area (TPSA) is 69.6 Å². The molecule has 1 aromatic rings. The number of benzene rings is 1. The molecular formula is C15H21ClN2O3. The normalized spacial score (nSPS) is 10.2. The van der Waals surface area contributed by atoms with E-state index in [1.165, 1.54) is 0 Å². The molecule has 5 nitrogen and oxygen atoms in total. The van der Waals surface area contributed by atoms with Crippen LogP contribution < -0.4 is 5.32 Å². The summed E-state index contributed by atoms with van der Waals surface area (Å²) < 4.78 is 0. The van der Waals surface area contributed by atoms with Crippen LogP contribution in [0.3, 0.4) is 0 Å². The van der Waals surface area contributed by atoms with Gasteiger partial charge in [-0.1, -0.05) is 23.7 Å². The number of hydrogen-bond donors (Lipinski definition) is 2. The van der Waals surface area contributed by atoms with Gasteiger partial charge in [-0.05, 0) is 31.4 Å². The van der Waals surface area contributed by atoms with Gasteiger partial charge in [0.25, 0.3) is 5.91 Å². The summed E-state index contributed by atoms with van der Waals surface area (Å²) >= 11 is 5.92. The van der Waals surface area contributed by atoms with E-state index in [4.69, 9.17) is 16.7 Å². The van der Waals surface area contributed by atoms with Crippen molar-refractivity contribution < 1.29 is 14.7 Å². The van der Waals surface area contributed by atoms with E-state index in [0.29, 0.717) is 17.1 Å². The minimum absolute atomic E-state index is 0.0550. The van der Waals surface area contributed by atoms with Crippen molar-refractivity contribution in [2.75, 3.05) is 26.7 Å². The molecule has 6 heteroatoms. The first-order valence-corrected chi connectivity index (χ1v) is 7.31. The number of aliphatic hydroxyl groups is 1. The Morgan fingerprint density at radius 2 is 1.95 bits per heavy atom. The minimum atomic E-state index is -0.359. The lowest BCUT2D eigenvalue weighted by Gasteiger charge is -2.17. The van der Waals surface area contributed by atoms with E-state index in [1.54, 1.807) is 36.2 Å². The molecule has 0 saturated carbocycles. The second-order valence-corrected chi connectivity index (χ2v) is 5.17. The van der Waals surface area contributed by atoms with Crippen LogP contribution >= 0.6 is 11.6 Å². The van der Waals surface area contributed by atoms with Gasteiger partial charge in [0.2, 0.25) is 5.91 Å². The average Bonchev–Trinajstić information content (AvgIpc) is 2.49. The molecule has 0 spiro atoms. The zero-order chi connectivity index (χ0) is 15.7. The highest BCUT2D eigenvalue weighted by Crippen LogP contribution is 2.14. The molecule has 0 aliphatic carbocycles. The summed E-state index contributed by atoms with van der Waals surface area (Å²) in [6, 6.07) is 6.70.